The minimum absolute atomic E-state index is 0.781. The lowest BCUT2D eigenvalue weighted by Gasteiger charge is -2.10. The minimum Gasteiger partial charge on any atom is -0.497 e. The second-order valence-corrected chi connectivity index (χ2v) is 4.92. The Labute approximate surface area is 100.0 Å². The molecule has 0 bridgehead atoms. The standard InChI is InChI=1S/C13H17BrO/c1-15-12-6-7-13-10(3-2-8-14)4-5-11(13)9-12/h6-7,9-10H,2-5,8H2,1H3. The molecule has 1 unspecified atom stereocenters. The lowest BCUT2D eigenvalue weighted by atomic mass is 9.97. The first-order valence-electron chi connectivity index (χ1n) is 5.58. The van der Waals surface area contributed by atoms with E-state index < -0.39 is 0 Å². The molecule has 0 saturated heterocycles. The van der Waals surface area contributed by atoms with Crippen LogP contribution < -0.4 is 4.74 Å². The zero-order valence-electron chi connectivity index (χ0n) is 9.13. The van der Waals surface area contributed by atoms with Crippen molar-refractivity contribution in [1.29, 1.82) is 0 Å². The predicted octanol–water partition coefficient (Wildman–Crippen LogP) is 3.90. The molecule has 2 rings (SSSR count). The first-order valence-corrected chi connectivity index (χ1v) is 6.70. The Morgan fingerprint density at radius 2 is 2.33 bits per heavy atom. The molecule has 0 aliphatic heterocycles. The molecule has 0 saturated carbocycles. The van der Waals surface area contributed by atoms with Crippen molar-refractivity contribution in [2.24, 2.45) is 0 Å². The van der Waals surface area contributed by atoms with Gasteiger partial charge in [0.1, 0.15) is 5.75 Å². The number of halogens is 1. The van der Waals surface area contributed by atoms with E-state index in [2.05, 4.69) is 34.1 Å². The van der Waals surface area contributed by atoms with Crippen LogP contribution >= 0.6 is 15.9 Å². The number of aryl methyl sites for hydroxylation is 1. The molecule has 0 heterocycles. The molecule has 0 spiro atoms. The van der Waals surface area contributed by atoms with Crippen LogP contribution in [0.1, 0.15) is 36.3 Å². The van der Waals surface area contributed by atoms with Crippen LogP contribution in [0, 0.1) is 0 Å². The molecule has 15 heavy (non-hydrogen) atoms. The molecular formula is C13H17BrO. The number of rotatable bonds is 4. The van der Waals surface area contributed by atoms with Gasteiger partial charge in [0.25, 0.3) is 0 Å². The van der Waals surface area contributed by atoms with Crippen molar-refractivity contribution in [3.8, 4) is 5.75 Å². The average Bonchev–Trinajstić information content (AvgIpc) is 2.68. The van der Waals surface area contributed by atoms with Gasteiger partial charge in [0.05, 0.1) is 7.11 Å². The van der Waals surface area contributed by atoms with E-state index in [9.17, 15) is 0 Å². The van der Waals surface area contributed by atoms with Crippen LogP contribution in [0.15, 0.2) is 18.2 Å². The molecule has 82 valence electrons. The van der Waals surface area contributed by atoms with E-state index in [0.29, 0.717) is 0 Å². The zero-order valence-corrected chi connectivity index (χ0v) is 10.7. The first-order chi connectivity index (χ1) is 7.35. The Kier molecular flexibility index (Phi) is 3.68. The highest BCUT2D eigenvalue weighted by Gasteiger charge is 2.21. The van der Waals surface area contributed by atoms with Crippen molar-refractivity contribution in [2.45, 2.75) is 31.6 Å². The Morgan fingerprint density at radius 1 is 1.47 bits per heavy atom. The smallest absolute Gasteiger partial charge is 0.119 e. The van der Waals surface area contributed by atoms with Gasteiger partial charge in [-0.15, -0.1) is 0 Å². The largest absolute Gasteiger partial charge is 0.497 e. The summed E-state index contributed by atoms with van der Waals surface area (Å²) in [5.74, 6) is 1.78. The molecule has 1 aliphatic rings. The Balaban J connectivity index is 2.13. The van der Waals surface area contributed by atoms with Gasteiger partial charge in [-0.3, -0.25) is 0 Å². The van der Waals surface area contributed by atoms with Crippen molar-refractivity contribution in [3.63, 3.8) is 0 Å². The topological polar surface area (TPSA) is 9.23 Å². The summed E-state index contributed by atoms with van der Waals surface area (Å²) in [7, 11) is 1.74. The molecule has 0 radical (unpaired) electrons. The maximum absolute atomic E-state index is 5.25. The number of ether oxygens (including phenoxy) is 1. The van der Waals surface area contributed by atoms with Gasteiger partial charge in [0, 0.05) is 5.33 Å². The number of fused-ring (bicyclic) bond motifs is 1. The summed E-state index contributed by atoms with van der Waals surface area (Å²) < 4.78 is 5.25. The van der Waals surface area contributed by atoms with Gasteiger partial charge < -0.3 is 4.74 Å². The van der Waals surface area contributed by atoms with Crippen molar-refractivity contribution in [2.75, 3.05) is 12.4 Å². The highest BCUT2D eigenvalue weighted by molar-refractivity contribution is 9.09. The Hall–Kier alpha value is -0.500. The summed E-state index contributed by atoms with van der Waals surface area (Å²) in [6.45, 7) is 0. The van der Waals surface area contributed by atoms with E-state index in [1.54, 1.807) is 12.7 Å². The van der Waals surface area contributed by atoms with Crippen LogP contribution in [-0.2, 0) is 6.42 Å². The van der Waals surface area contributed by atoms with Crippen LogP contribution in [-0.4, -0.2) is 12.4 Å². The molecule has 0 N–H and O–H groups in total. The van der Waals surface area contributed by atoms with E-state index in [4.69, 9.17) is 4.74 Å². The Morgan fingerprint density at radius 3 is 3.07 bits per heavy atom. The number of benzene rings is 1. The van der Waals surface area contributed by atoms with Gasteiger partial charge in [-0.2, -0.15) is 0 Å². The second-order valence-electron chi connectivity index (χ2n) is 4.13. The number of hydrogen-bond acceptors (Lipinski definition) is 1. The van der Waals surface area contributed by atoms with Crippen LogP contribution in [0.2, 0.25) is 0 Å². The van der Waals surface area contributed by atoms with Gasteiger partial charge in [-0.25, -0.2) is 0 Å². The minimum atomic E-state index is 0.781. The van der Waals surface area contributed by atoms with Crippen LogP contribution in [0.4, 0.5) is 0 Å². The molecule has 1 aromatic carbocycles. The van der Waals surface area contributed by atoms with Crippen LogP contribution in [0.3, 0.4) is 0 Å². The maximum atomic E-state index is 5.25. The summed E-state index contributed by atoms with van der Waals surface area (Å²) in [6, 6.07) is 6.54. The summed E-state index contributed by atoms with van der Waals surface area (Å²) in [4.78, 5) is 0. The third kappa shape index (κ3) is 2.36. The maximum Gasteiger partial charge on any atom is 0.119 e. The van der Waals surface area contributed by atoms with Gasteiger partial charge >= 0.3 is 0 Å². The SMILES string of the molecule is COc1ccc2c(c1)CCC2CCCBr. The summed E-state index contributed by atoms with van der Waals surface area (Å²) >= 11 is 3.50. The average molecular weight is 269 g/mol. The lowest BCUT2D eigenvalue weighted by molar-refractivity contribution is 0.414. The fraction of sp³-hybridized carbons (Fsp3) is 0.538. The highest BCUT2D eigenvalue weighted by atomic mass is 79.9. The van der Waals surface area contributed by atoms with Crippen molar-refractivity contribution < 1.29 is 4.74 Å². The molecule has 1 aliphatic carbocycles. The second kappa shape index (κ2) is 5.02. The fourth-order valence-electron chi connectivity index (χ4n) is 2.43. The van der Waals surface area contributed by atoms with Crippen LogP contribution in [0.25, 0.3) is 0 Å². The quantitative estimate of drug-likeness (QED) is 0.753. The van der Waals surface area contributed by atoms with Crippen LogP contribution in [0.5, 0.6) is 5.75 Å². The summed E-state index contributed by atoms with van der Waals surface area (Å²) in [5, 5.41) is 1.12. The van der Waals surface area contributed by atoms with Gasteiger partial charge in [0.15, 0.2) is 0 Å². The van der Waals surface area contributed by atoms with Crippen molar-refractivity contribution in [3.05, 3.63) is 29.3 Å². The number of hydrogen-bond donors (Lipinski definition) is 0. The molecule has 0 amide bonds. The lowest BCUT2D eigenvalue weighted by Crippen LogP contribution is -1.94. The van der Waals surface area contributed by atoms with Gasteiger partial charge in [-0.1, -0.05) is 22.0 Å². The van der Waals surface area contributed by atoms with E-state index in [0.717, 1.165) is 17.0 Å². The predicted molar refractivity (Wildman–Crippen MR) is 67.1 cm³/mol. The molecule has 2 heteroatoms. The number of methoxy groups -OCH3 is 1. The normalized spacial score (nSPS) is 18.9. The first kappa shape index (κ1) is 11.0. The molecule has 0 aromatic heterocycles. The van der Waals surface area contributed by atoms with E-state index >= 15 is 0 Å². The van der Waals surface area contributed by atoms with Gasteiger partial charge in [-0.05, 0) is 54.9 Å². The third-order valence-corrected chi connectivity index (χ3v) is 3.80. The van der Waals surface area contributed by atoms with E-state index in [-0.39, 0.29) is 0 Å². The fourth-order valence-corrected chi connectivity index (χ4v) is 2.76. The van der Waals surface area contributed by atoms with Crippen molar-refractivity contribution >= 4 is 15.9 Å². The monoisotopic (exact) mass is 268 g/mol. The van der Waals surface area contributed by atoms with E-state index in [1.165, 1.54) is 31.2 Å². The number of alkyl halides is 1. The molecule has 1 nitrogen and oxygen atoms in total. The zero-order chi connectivity index (χ0) is 10.7. The highest BCUT2D eigenvalue weighted by Crippen LogP contribution is 2.37. The molecular weight excluding hydrogens is 252 g/mol. The summed E-state index contributed by atoms with van der Waals surface area (Å²) in [5.41, 5.74) is 3.05. The summed E-state index contributed by atoms with van der Waals surface area (Å²) in [6.07, 6.45) is 5.12. The van der Waals surface area contributed by atoms with Gasteiger partial charge in [0.2, 0.25) is 0 Å². The van der Waals surface area contributed by atoms with Crippen molar-refractivity contribution in [1.82, 2.24) is 0 Å². The molecule has 1 aromatic rings. The van der Waals surface area contributed by atoms with E-state index in [1.807, 2.05) is 0 Å². The molecule has 1 atom stereocenters. The Bertz CT molecular complexity index is 335. The third-order valence-electron chi connectivity index (χ3n) is 3.24. The molecule has 0 fully saturated rings.